The number of nitrogens with one attached hydrogen (secondary N) is 3. The van der Waals surface area contributed by atoms with Gasteiger partial charge in [0.1, 0.15) is 17.5 Å². The van der Waals surface area contributed by atoms with Crippen molar-refractivity contribution in [1.29, 1.82) is 0 Å². The summed E-state index contributed by atoms with van der Waals surface area (Å²) in [6.45, 7) is 0.0486. The van der Waals surface area contributed by atoms with Crippen molar-refractivity contribution < 1.29 is 54.2 Å². The number of carbonyl (C=O) groups excluding carboxylic acids is 3. The zero-order valence-electron chi connectivity index (χ0n) is 26.6. The standard InChI is InChI=1S/C32H27F8N7O4S/c33-16-9-17(34)11-21(10-16)52-22-13-24-26(41-14-22)44-45-27(24)43-28(48)23-2-1-20(46-6-3-18(15-46)42-29(49)31(35,36)37)12-25(23)47(30(50)32(38,39)40)19-4-7-51-8-5-19/h1-2,9-14,18-19H,3-8,15H2,(H,42,49)(H2,41,43,44,45,48). The summed E-state index contributed by atoms with van der Waals surface area (Å²) in [7, 11) is 0. The first-order chi connectivity index (χ1) is 24.6. The molecule has 0 saturated carbocycles. The van der Waals surface area contributed by atoms with Crippen molar-refractivity contribution in [3.63, 3.8) is 0 Å². The molecule has 4 aromatic rings. The van der Waals surface area contributed by atoms with Crippen LogP contribution in [0.3, 0.4) is 0 Å². The van der Waals surface area contributed by atoms with Crippen molar-refractivity contribution in [2.24, 2.45) is 0 Å². The lowest BCUT2D eigenvalue weighted by molar-refractivity contribution is -0.174. The summed E-state index contributed by atoms with van der Waals surface area (Å²) < 4.78 is 114. The number of benzene rings is 2. The number of aromatic nitrogens is 3. The summed E-state index contributed by atoms with van der Waals surface area (Å²) >= 11 is 0.963. The molecule has 2 aromatic carbocycles. The van der Waals surface area contributed by atoms with E-state index in [1.807, 2.05) is 5.32 Å². The first-order valence-corrected chi connectivity index (χ1v) is 16.4. The number of nitrogens with zero attached hydrogens (tertiary/aromatic N) is 4. The van der Waals surface area contributed by atoms with Gasteiger partial charge in [-0.3, -0.25) is 19.5 Å². The maximum Gasteiger partial charge on any atom is 0.471 e. The molecular weight excluding hydrogens is 730 g/mol. The maximum atomic E-state index is 14.1. The fraction of sp³-hybridized carbons (Fsp3) is 0.344. The van der Waals surface area contributed by atoms with Gasteiger partial charge in [-0.25, -0.2) is 13.8 Å². The Morgan fingerprint density at radius 2 is 1.63 bits per heavy atom. The van der Waals surface area contributed by atoms with Crippen LogP contribution in [0.15, 0.2) is 58.5 Å². The second-order valence-corrected chi connectivity index (χ2v) is 13.1. The maximum absolute atomic E-state index is 14.1. The topological polar surface area (TPSA) is 133 Å². The molecule has 20 heteroatoms. The van der Waals surface area contributed by atoms with E-state index >= 15 is 0 Å². The number of hydrogen-bond acceptors (Lipinski definition) is 8. The van der Waals surface area contributed by atoms with Crippen LogP contribution in [-0.2, 0) is 14.3 Å². The van der Waals surface area contributed by atoms with Crippen molar-refractivity contribution in [1.82, 2.24) is 20.5 Å². The predicted octanol–water partition coefficient (Wildman–Crippen LogP) is 5.97. The number of hydrogen-bond donors (Lipinski definition) is 3. The minimum Gasteiger partial charge on any atom is -0.381 e. The van der Waals surface area contributed by atoms with Crippen LogP contribution < -0.4 is 20.4 Å². The summed E-state index contributed by atoms with van der Waals surface area (Å²) in [5, 5.41) is 11.3. The third kappa shape index (κ3) is 8.22. The summed E-state index contributed by atoms with van der Waals surface area (Å²) in [6, 6.07) is 6.20. The zero-order valence-corrected chi connectivity index (χ0v) is 27.4. The van der Waals surface area contributed by atoms with E-state index in [0.29, 0.717) is 15.9 Å². The Bertz CT molecular complexity index is 1980. The van der Waals surface area contributed by atoms with Crippen molar-refractivity contribution >= 4 is 57.7 Å². The highest BCUT2D eigenvalue weighted by atomic mass is 32.2. The summed E-state index contributed by atoms with van der Waals surface area (Å²) in [5.74, 6) is -6.96. The van der Waals surface area contributed by atoms with E-state index in [-0.39, 0.29) is 78.6 Å². The van der Waals surface area contributed by atoms with Gasteiger partial charge in [0.2, 0.25) is 0 Å². The third-order valence-corrected chi connectivity index (χ3v) is 9.27. The highest BCUT2D eigenvalue weighted by Crippen LogP contribution is 2.37. The molecule has 3 N–H and O–H groups in total. The number of alkyl halides is 6. The number of halogens is 8. The SMILES string of the molecule is O=C(Nc1[nH]nc2ncc(Sc3cc(F)cc(F)c3)cc12)c1ccc(N2CCC(NC(=O)C(F)(F)F)C2)cc1N(C(=O)C(F)(F)F)C1CCOCC1. The van der Waals surface area contributed by atoms with Gasteiger partial charge in [-0.2, -0.15) is 31.4 Å². The number of carbonyl (C=O) groups is 3. The lowest BCUT2D eigenvalue weighted by Gasteiger charge is -2.36. The van der Waals surface area contributed by atoms with Crippen LogP contribution in [-0.4, -0.2) is 83.6 Å². The highest BCUT2D eigenvalue weighted by Gasteiger charge is 2.47. The molecule has 1 atom stereocenters. The van der Waals surface area contributed by atoms with Gasteiger partial charge in [-0.05, 0) is 55.7 Å². The van der Waals surface area contributed by atoms with Gasteiger partial charge in [-0.15, -0.1) is 0 Å². The quantitative estimate of drug-likeness (QED) is 0.188. The molecule has 0 bridgehead atoms. The van der Waals surface area contributed by atoms with Crippen LogP contribution in [0.4, 0.5) is 52.3 Å². The van der Waals surface area contributed by atoms with Crippen molar-refractivity contribution in [3.05, 3.63) is 65.9 Å². The Balaban J connectivity index is 1.34. The molecule has 2 aliphatic rings. The van der Waals surface area contributed by atoms with E-state index in [0.717, 1.165) is 23.9 Å². The Kier molecular flexibility index (Phi) is 10.3. The van der Waals surface area contributed by atoms with E-state index in [2.05, 4.69) is 20.5 Å². The van der Waals surface area contributed by atoms with Gasteiger partial charge in [0.05, 0.1) is 16.6 Å². The number of amides is 3. The number of rotatable bonds is 8. The normalized spacial score (nSPS) is 17.0. The molecule has 52 heavy (non-hydrogen) atoms. The Hall–Kier alpha value is -4.98. The molecule has 0 spiro atoms. The zero-order chi connectivity index (χ0) is 37.4. The van der Waals surface area contributed by atoms with Crippen LogP contribution in [0.2, 0.25) is 0 Å². The number of aromatic amines is 1. The molecule has 3 amide bonds. The Labute approximate surface area is 293 Å². The van der Waals surface area contributed by atoms with Crippen LogP contribution in [0.5, 0.6) is 0 Å². The van der Waals surface area contributed by atoms with Crippen molar-refractivity contribution in [2.75, 3.05) is 41.4 Å². The number of fused-ring (bicyclic) bond motifs is 1. The van der Waals surface area contributed by atoms with E-state index in [1.54, 1.807) is 0 Å². The number of pyridine rings is 1. The van der Waals surface area contributed by atoms with Gasteiger partial charge in [-0.1, -0.05) is 11.8 Å². The summed E-state index contributed by atoms with van der Waals surface area (Å²) in [5.41, 5.74) is -0.462. The fourth-order valence-electron chi connectivity index (χ4n) is 5.98. The fourth-order valence-corrected chi connectivity index (χ4v) is 6.87. The molecule has 2 aromatic heterocycles. The molecule has 0 radical (unpaired) electrons. The molecule has 1 unspecified atom stereocenters. The summed E-state index contributed by atoms with van der Waals surface area (Å²) in [6.07, 6.45) is -8.99. The van der Waals surface area contributed by atoms with Gasteiger partial charge in [0, 0.05) is 66.1 Å². The minimum atomic E-state index is -5.35. The number of anilines is 3. The molecule has 4 heterocycles. The van der Waals surface area contributed by atoms with E-state index in [1.165, 1.54) is 35.4 Å². The van der Waals surface area contributed by atoms with Crippen LogP contribution in [0.1, 0.15) is 29.6 Å². The molecule has 11 nitrogen and oxygen atoms in total. The molecule has 276 valence electrons. The average Bonchev–Trinajstić information content (AvgIpc) is 3.71. The van der Waals surface area contributed by atoms with Crippen LogP contribution in [0, 0.1) is 11.6 Å². The molecule has 2 fully saturated rings. The second kappa shape index (κ2) is 14.6. The molecule has 2 saturated heterocycles. The van der Waals surface area contributed by atoms with E-state index in [9.17, 15) is 49.5 Å². The van der Waals surface area contributed by atoms with Crippen molar-refractivity contribution in [3.8, 4) is 0 Å². The van der Waals surface area contributed by atoms with Gasteiger partial charge >= 0.3 is 24.2 Å². The van der Waals surface area contributed by atoms with Gasteiger partial charge in [0.15, 0.2) is 5.65 Å². The third-order valence-electron chi connectivity index (χ3n) is 8.34. The van der Waals surface area contributed by atoms with Crippen molar-refractivity contribution in [2.45, 2.75) is 53.5 Å². The number of H-pyrrole nitrogens is 1. The van der Waals surface area contributed by atoms with Crippen LogP contribution >= 0.6 is 11.8 Å². The molecule has 2 aliphatic heterocycles. The smallest absolute Gasteiger partial charge is 0.381 e. The van der Waals surface area contributed by atoms with Gasteiger partial charge < -0.3 is 25.2 Å². The molecule has 0 aliphatic carbocycles. The molecule has 6 rings (SSSR count). The largest absolute Gasteiger partial charge is 0.471 e. The second-order valence-electron chi connectivity index (χ2n) is 11.9. The minimum absolute atomic E-state index is 0.00881. The average molecular weight is 758 g/mol. The molecular formula is C32H27F8N7O4S. The number of ether oxygens (including phenoxy) is 1. The van der Waals surface area contributed by atoms with E-state index < -0.39 is 59.5 Å². The highest BCUT2D eigenvalue weighted by molar-refractivity contribution is 7.99. The lowest BCUT2D eigenvalue weighted by Crippen LogP contribution is -2.50. The van der Waals surface area contributed by atoms with E-state index in [4.69, 9.17) is 4.74 Å². The monoisotopic (exact) mass is 757 g/mol. The first kappa shape index (κ1) is 36.8. The Morgan fingerprint density at radius 3 is 2.31 bits per heavy atom. The Morgan fingerprint density at radius 1 is 0.923 bits per heavy atom. The van der Waals surface area contributed by atoms with Gasteiger partial charge in [0.25, 0.3) is 5.91 Å². The first-order valence-electron chi connectivity index (χ1n) is 15.6. The lowest BCUT2D eigenvalue weighted by atomic mass is 10.0. The predicted molar refractivity (Wildman–Crippen MR) is 171 cm³/mol. The van der Waals surface area contributed by atoms with Crippen LogP contribution in [0.25, 0.3) is 11.0 Å². The summed E-state index contributed by atoms with van der Waals surface area (Å²) in [4.78, 5) is 45.3.